The molecular formula is C20H25FN4O8S. The predicted molar refractivity (Wildman–Crippen MR) is 117 cm³/mol. The minimum atomic E-state index is -4.23. The van der Waals surface area contributed by atoms with Gasteiger partial charge in [0, 0.05) is 20.2 Å². The molecule has 0 unspecified atom stereocenters. The first-order chi connectivity index (χ1) is 16.0. The van der Waals surface area contributed by atoms with Gasteiger partial charge in [-0.1, -0.05) is 0 Å². The smallest absolute Gasteiger partial charge is 0.420 e. The third-order valence-corrected chi connectivity index (χ3v) is 6.62. The summed E-state index contributed by atoms with van der Waals surface area (Å²) in [4.78, 5) is 28.9. The van der Waals surface area contributed by atoms with Crippen molar-refractivity contribution < 1.29 is 41.4 Å². The van der Waals surface area contributed by atoms with Gasteiger partial charge in [0.15, 0.2) is 5.69 Å². The Labute approximate surface area is 195 Å². The van der Waals surface area contributed by atoms with Crippen LogP contribution in [0.25, 0.3) is 0 Å². The summed E-state index contributed by atoms with van der Waals surface area (Å²) in [5, 5.41) is 9.66. The summed E-state index contributed by atoms with van der Waals surface area (Å²) in [6, 6.07) is 1.95. The number of hydrogen-bond acceptors (Lipinski definition) is 8. The molecule has 3 rings (SSSR count). The number of nitrogens with zero attached hydrogens (tertiary/aromatic N) is 3. The number of benzene rings is 1. The molecule has 12 nitrogen and oxygen atoms in total. The number of oxazole rings is 1. The minimum Gasteiger partial charge on any atom is -0.464 e. The number of ether oxygens (including phenoxy) is 2. The number of nitrogens with one attached hydrogen (secondary N) is 1. The molecule has 1 aliphatic rings. The fraction of sp³-hybridized carbons (Fsp3) is 0.450. The quantitative estimate of drug-likeness (QED) is 0.581. The summed E-state index contributed by atoms with van der Waals surface area (Å²) in [7, 11) is -2.72. The summed E-state index contributed by atoms with van der Waals surface area (Å²) >= 11 is 0. The molecule has 1 fully saturated rings. The van der Waals surface area contributed by atoms with E-state index in [1.165, 1.54) is 27.0 Å². The lowest BCUT2D eigenvalue weighted by atomic mass is 10.1. The summed E-state index contributed by atoms with van der Waals surface area (Å²) in [5.41, 5.74) is 0.0942. The summed E-state index contributed by atoms with van der Waals surface area (Å²) < 4.78 is 57.8. The van der Waals surface area contributed by atoms with Gasteiger partial charge in [-0.25, -0.2) is 13.9 Å². The Hall–Kier alpha value is -3.07. The van der Waals surface area contributed by atoms with Crippen LogP contribution in [0.4, 0.5) is 20.9 Å². The van der Waals surface area contributed by atoms with Crippen molar-refractivity contribution in [3.05, 3.63) is 41.0 Å². The Balaban J connectivity index is 1.78. The Morgan fingerprint density at radius 2 is 2.06 bits per heavy atom. The van der Waals surface area contributed by atoms with Gasteiger partial charge in [-0.05, 0) is 43.5 Å². The number of carbonyl (C=O) groups excluding carboxylic acids is 1. The van der Waals surface area contributed by atoms with E-state index in [1.54, 1.807) is 0 Å². The van der Waals surface area contributed by atoms with Crippen molar-refractivity contribution in [2.24, 2.45) is 0 Å². The van der Waals surface area contributed by atoms with Gasteiger partial charge in [-0.15, -0.1) is 0 Å². The fourth-order valence-corrected chi connectivity index (χ4v) is 4.49. The lowest BCUT2D eigenvalue weighted by Gasteiger charge is -2.19. The average molecular weight is 501 g/mol. The van der Waals surface area contributed by atoms with Gasteiger partial charge in [-0.3, -0.25) is 4.79 Å². The van der Waals surface area contributed by atoms with Gasteiger partial charge in [0.1, 0.15) is 12.1 Å². The molecule has 1 aromatic heterocycles. The van der Waals surface area contributed by atoms with Gasteiger partial charge in [-0.2, -0.15) is 22.6 Å². The third-order valence-electron chi connectivity index (χ3n) is 5.13. The second-order valence-corrected chi connectivity index (χ2v) is 9.26. The highest BCUT2D eigenvalue weighted by molar-refractivity contribution is 7.87. The largest absolute Gasteiger partial charge is 0.464 e. The van der Waals surface area contributed by atoms with Crippen LogP contribution < -0.4 is 9.62 Å². The second-order valence-electron chi connectivity index (χ2n) is 7.59. The first-order valence-electron chi connectivity index (χ1n) is 10.2. The minimum absolute atomic E-state index is 0.0306. The van der Waals surface area contributed by atoms with Crippen molar-refractivity contribution in [1.29, 1.82) is 0 Å². The van der Waals surface area contributed by atoms with E-state index in [1.807, 2.05) is 4.72 Å². The number of anilines is 2. The maximum absolute atomic E-state index is 13.8. The van der Waals surface area contributed by atoms with Gasteiger partial charge < -0.3 is 19.0 Å². The summed E-state index contributed by atoms with van der Waals surface area (Å²) in [6.07, 6.45) is -0.548. The van der Waals surface area contributed by atoms with E-state index in [0.29, 0.717) is 17.9 Å². The zero-order valence-corrected chi connectivity index (χ0v) is 19.6. The van der Waals surface area contributed by atoms with Crippen molar-refractivity contribution in [2.45, 2.75) is 26.4 Å². The van der Waals surface area contributed by atoms with Crippen LogP contribution in [0, 0.1) is 19.7 Å². The van der Waals surface area contributed by atoms with Crippen molar-refractivity contribution in [2.75, 3.05) is 38.3 Å². The zero-order chi connectivity index (χ0) is 25.0. The molecule has 1 saturated heterocycles. The Morgan fingerprint density at radius 3 is 2.74 bits per heavy atom. The van der Waals surface area contributed by atoms with E-state index in [2.05, 4.69) is 4.98 Å². The number of hydrogen-bond donors (Lipinski definition) is 2. The monoisotopic (exact) mass is 500 g/mol. The Bertz CT molecular complexity index is 1170. The van der Waals surface area contributed by atoms with Crippen LogP contribution in [0.2, 0.25) is 0 Å². The summed E-state index contributed by atoms with van der Waals surface area (Å²) in [5.74, 6) is -1.62. The van der Waals surface area contributed by atoms with E-state index in [0.717, 1.165) is 16.6 Å². The highest BCUT2D eigenvalue weighted by Gasteiger charge is 2.31. The van der Waals surface area contributed by atoms with Crippen molar-refractivity contribution in [3.63, 3.8) is 0 Å². The molecule has 14 heteroatoms. The molecule has 0 bridgehead atoms. The van der Waals surface area contributed by atoms with Crippen LogP contribution >= 0.6 is 0 Å². The SMILES string of the molecule is COC[C@@H]1CCN(S(=O)(=O)NC(=O)c2coc(N(C(=O)O)c3cc(C)c(F)cc3C)n2)CCO1. The van der Waals surface area contributed by atoms with Crippen LogP contribution in [-0.4, -0.2) is 74.3 Å². The molecule has 34 heavy (non-hydrogen) atoms. The Kier molecular flexibility index (Phi) is 7.86. The lowest BCUT2D eigenvalue weighted by Crippen LogP contribution is -2.44. The highest BCUT2D eigenvalue weighted by Crippen LogP contribution is 2.30. The van der Waals surface area contributed by atoms with Gasteiger partial charge >= 0.3 is 22.3 Å². The van der Waals surface area contributed by atoms with Gasteiger partial charge in [0.25, 0.3) is 5.91 Å². The number of aryl methyl sites for hydroxylation is 2. The number of carboxylic acid groups (broad SMARTS) is 1. The number of amides is 2. The second kappa shape index (κ2) is 10.5. The summed E-state index contributed by atoms with van der Waals surface area (Å²) in [6.45, 7) is 3.54. The fourth-order valence-electron chi connectivity index (χ4n) is 3.36. The first-order valence-corrected chi connectivity index (χ1v) is 11.7. The van der Waals surface area contributed by atoms with E-state index < -0.39 is 39.7 Å². The number of rotatable bonds is 7. The molecule has 0 saturated carbocycles. The molecule has 2 N–H and O–H groups in total. The number of aromatic nitrogens is 1. The van der Waals surface area contributed by atoms with Gasteiger partial charge in [0.2, 0.25) is 0 Å². The molecule has 1 atom stereocenters. The van der Waals surface area contributed by atoms with Gasteiger partial charge in [0.05, 0.1) is 25.0 Å². The van der Waals surface area contributed by atoms with E-state index in [-0.39, 0.29) is 42.6 Å². The Morgan fingerprint density at radius 1 is 1.32 bits per heavy atom. The zero-order valence-electron chi connectivity index (χ0n) is 18.8. The molecule has 186 valence electrons. The van der Waals surface area contributed by atoms with Crippen molar-refractivity contribution >= 4 is 33.9 Å². The number of carbonyl (C=O) groups is 2. The molecule has 0 radical (unpaired) electrons. The number of methoxy groups -OCH3 is 1. The van der Waals surface area contributed by atoms with Crippen molar-refractivity contribution in [1.82, 2.24) is 14.0 Å². The maximum atomic E-state index is 13.8. The van der Waals surface area contributed by atoms with E-state index >= 15 is 0 Å². The molecule has 2 amide bonds. The molecular weight excluding hydrogens is 475 g/mol. The topological polar surface area (TPSA) is 152 Å². The predicted octanol–water partition coefficient (Wildman–Crippen LogP) is 1.96. The third kappa shape index (κ3) is 5.70. The molecule has 2 aromatic rings. The van der Waals surface area contributed by atoms with Crippen LogP contribution in [0.3, 0.4) is 0 Å². The van der Waals surface area contributed by atoms with Crippen LogP contribution in [0.5, 0.6) is 0 Å². The normalized spacial score (nSPS) is 17.2. The van der Waals surface area contributed by atoms with Crippen LogP contribution in [0.1, 0.15) is 28.0 Å². The molecule has 1 aromatic carbocycles. The van der Waals surface area contributed by atoms with Crippen LogP contribution in [-0.2, 0) is 19.7 Å². The average Bonchev–Trinajstić information content (AvgIpc) is 3.10. The molecule has 0 spiro atoms. The molecule has 0 aliphatic carbocycles. The van der Waals surface area contributed by atoms with E-state index in [9.17, 15) is 27.5 Å². The highest BCUT2D eigenvalue weighted by atomic mass is 32.2. The molecule has 1 aliphatic heterocycles. The maximum Gasteiger partial charge on any atom is 0.420 e. The van der Waals surface area contributed by atoms with E-state index in [4.69, 9.17) is 13.9 Å². The van der Waals surface area contributed by atoms with Crippen LogP contribution in [0.15, 0.2) is 22.8 Å². The molecule has 2 heterocycles. The number of halogens is 1. The first kappa shape index (κ1) is 25.6. The standard InChI is InChI=1S/C20H25FN4O8S/c1-12-9-17(13(2)8-15(12)21)25(20(27)28)19-22-16(11-33-19)18(26)23-34(29,30)24-5-4-14(10-31-3)32-7-6-24/h8-9,11,14H,4-7,10H2,1-3H3,(H,23,26)(H,27,28)/t14-/m0/s1. The van der Waals surface area contributed by atoms with Crippen molar-refractivity contribution in [3.8, 4) is 0 Å². The lowest BCUT2D eigenvalue weighted by molar-refractivity contribution is 0.00560.